The van der Waals surface area contributed by atoms with Crippen molar-refractivity contribution in [3.05, 3.63) is 23.4 Å². The third kappa shape index (κ3) is 6.25. The van der Waals surface area contributed by atoms with E-state index in [1.807, 2.05) is 13.8 Å². The summed E-state index contributed by atoms with van der Waals surface area (Å²) >= 11 is 0. The van der Waals surface area contributed by atoms with Crippen molar-refractivity contribution in [1.82, 2.24) is 15.6 Å². The van der Waals surface area contributed by atoms with E-state index in [1.165, 1.54) is 0 Å². The summed E-state index contributed by atoms with van der Waals surface area (Å²) in [4.78, 5) is 27.6. The summed E-state index contributed by atoms with van der Waals surface area (Å²) in [6, 6.07) is 3.29. The maximum absolute atomic E-state index is 12.0. The van der Waals surface area contributed by atoms with Gasteiger partial charge in [-0.1, -0.05) is 20.3 Å². The Balaban J connectivity index is 2.50. The predicted octanol–water partition coefficient (Wildman–Crippen LogP) is 1.26. The molecule has 0 aromatic carbocycles. The Bertz CT molecular complexity index is 489. The average molecular weight is 292 g/mol. The first-order chi connectivity index (χ1) is 10.1. The number of hydrogen-bond donors (Lipinski definition) is 3. The molecular weight excluding hydrogens is 268 g/mol. The normalized spacial score (nSPS) is 10.2. The van der Waals surface area contributed by atoms with Gasteiger partial charge in [-0.25, -0.2) is 4.98 Å². The van der Waals surface area contributed by atoms with Gasteiger partial charge in [0, 0.05) is 30.8 Å². The van der Waals surface area contributed by atoms with Gasteiger partial charge in [-0.15, -0.1) is 0 Å². The molecule has 0 radical (unpaired) electrons. The molecule has 21 heavy (non-hydrogen) atoms. The molecule has 0 aliphatic carbocycles. The second-order valence-corrected chi connectivity index (χ2v) is 4.88. The van der Waals surface area contributed by atoms with E-state index in [2.05, 4.69) is 15.6 Å². The number of amides is 2. The highest BCUT2D eigenvalue weighted by atomic mass is 16.2. The van der Waals surface area contributed by atoms with Crippen LogP contribution < -0.4 is 16.4 Å². The molecule has 0 aliphatic rings. The van der Waals surface area contributed by atoms with E-state index in [9.17, 15) is 9.59 Å². The summed E-state index contributed by atoms with van der Waals surface area (Å²) in [5.41, 5.74) is 7.00. The zero-order chi connectivity index (χ0) is 15.7. The number of nitrogens with zero attached hydrogens (tertiary/aromatic N) is 1. The number of nitrogen functional groups attached to an aromatic ring is 1. The van der Waals surface area contributed by atoms with Gasteiger partial charge >= 0.3 is 0 Å². The van der Waals surface area contributed by atoms with Gasteiger partial charge in [0.1, 0.15) is 5.82 Å². The molecule has 116 valence electrons. The van der Waals surface area contributed by atoms with Crippen LogP contribution in [0.3, 0.4) is 0 Å². The van der Waals surface area contributed by atoms with Crippen molar-refractivity contribution in [1.29, 1.82) is 0 Å². The lowest BCUT2D eigenvalue weighted by Crippen LogP contribution is -2.31. The van der Waals surface area contributed by atoms with Crippen molar-refractivity contribution < 1.29 is 9.59 Å². The summed E-state index contributed by atoms with van der Waals surface area (Å²) in [7, 11) is 0. The molecule has 6 heteroatoms. The summed E-state index contributed by atoms with van der Waals surface area (Å²) in [5, 5.41) is 5.48. The average Bonchev–Trinajstić information content (AvgIpc) is 2.44. The highest BCUT2D eigenvalue weighted by Gasteiger charge is 2.09. The quantitative estimate of drug-likeness (QED) is 0.672. The maximum atomic E-state index is 12.0. The number of rotatable bonds is 8. The van der Waals surface area contributed by atoms with Crippen molar-refractivity contribution in [2.75, 3.05) is 18.8 Å². The van der Waals surface area contributed by atoms with Crippen LogP contribution in [0.2, 0.25) is 0 Å². The highest BCUT2D eigenvalue weighted by molar-refractivity contribution is 5.95. The lowest BCUT2D eigenvalue weighted by molar-refractivity contribution is -0.120. The first kappa shape index (κ1) is 16.9. The second-order valence-electron chi connectivity index (χ2n) is 4.88. The number of hydrogen-bond acceptors (Lipinski definition) is 4. The minimum Gasteiger partial charge on any atom is -0.384 e. The van der Waals surface area contributed by atoms with Crippen LogP contribution in [0.5, 0.6) is 0 Å². The smallest absolute Gasteiger partial charge is 0.251 e. The Kier molecular flexibility index (Phi) is 7.21. The first-order valence-electron chi connectivity index (χ1n) is 7.38. The van der Waals surface area contributed by atoms with Gasteiger partial charge in [-0.2, -0.15) is 0 Å². The molecule has 1 heterocycles. The fourth-order valence-electron chi connectivity index (χ4n) is 1.87. The van der Waals surface area contributed by atoms with Gasteiger partial charge in [0.2, 0.25) is 5.91 Å². The van der Waals surface area contributed by atoms with Crippen molar-refractivity contribution in [3.63, 3.8) is 0 Å². The van der Waals surface area contributed by atoms with Crippen LogP contribution in [0, 0.1) is 0 Å². The van der Waals surface area contributed by atoms with Crippen LogP contribution in [0.15, 0.2) is 12.1 Å². The first-order valence-corrected chi connectivity index (χ1v) is 7.38. The monoisotopic (exact) mass is 292 g/mol. The van der Waals surface area contributed by atoms with Crippen LogP contribution in [0.1, 0.15) is 49.2 Å². The Labute approximate surface area is 125 Å². The molecule has 6 nitrogen and oxygen atoms in total. The minimum atomic E-state index is -0.232. The fourth-order valence-corrected chi connectivity index (χ4v) is 1.87. The molecule has 1 rings (SSSR count). The van der Waals surface area contributed by atoms with Crippen LogP contribution in [0.4, 0.5) is 5.82 Å². The third-order valence-corrected chi connectivity index (χ3v) is 2.88. The minimum absolute atomic E-state index is 0.0573. The number of aromatic nitrogens is 1. The lowest BCUT2D eigenvalue weighted by atomic mass is 10.1. The summed E-state index contributed by atoms with van der Waals surface area (Å²) in [6.07, 6.45) is 2.89. The van der Waals surface area contributed by atoms with Crippen molar-refractivity contribution in [3.8, 4) is 0 Å². The number of aryl methyl sites for hydroxylation is 1. The van der Waals surface area contributed by atoms with Crippen molar-refractivity contribution in [2.24, 2.45) is 0 Å². The second kappa shape index (κ2) is 8.94. The molecular formula is C15H24N4O2. The van der Waals surface area contributed by atoms with Crippen molar-refractivity contribution in [2.45, 2.75) is 39.5 Å². The molecule has 0 saturated heterocycles. The standard InChI is InChI=1S/C15H24N4O2/c1-3-5-12-9-11(10-13(16)19-12)15(21)18-8-6-14(20)17-7-4-2/h9-10H,3-8H2,1-2H3,(H2,16,19)(H,17,20)(H,18,21). The van der Waals surface area contributed by atoms with E-state index in [0.717, 1.165) is 25.0 Å². The van der Waals surface area contributed by atoms with E-state index < -0.39 is 0 Å². The van der Waals surface area contributed by atoms with Gasteiger partial charge in [0.15, 0.2) is 0 Å². The Morgan fingerprint density at radius 3 is 2.57 bits per heavy atom. The lowest BCUT2D eigenvalue weighted by Gasteiger charge is -2.08. The zero-order valence-corrected chi connectivity index (χ0v) is 12.7. The maximum Gasteiger partial charge on any atom is 0.251 e. The number of carbonyl (C=O) groups is 2. The molecule has 0 saturated carbocycles. The Hall–Kier alpha value is -2.11. The van der Waals surface area contributed by atoms with Gasteiger partial charge in [0.05, 0.1) is 0 Å². The Morgan fingerprint density at radius 1 is 1.14 bits per heavy atom. The summed E-state index contributed by atoms with van der Waals surface area (Å²) in [6.45, 7) is 5.00. The largest absolute Gasteiger partial charge is 0.384 e. The summed E-state index contributed by atoms with van der Waals surface area (Å²) < 4.78 is 0. The highest BCUT2D eigenvalue weighted by Crippen LogP contribution is 2.09. The summed E-state index contributed by atoms with van der Waals surface area (Å²) in [5.74, 6) is 0.0506. The van der Waals surface area contributed by atoms with Crippen LogP contribution in [0.25, 0.3) is 0 Å². The molecule has 0 atom stereocenters. The fraction of sp³-hybridized carbons (Fsp3) is 0.533. The van der Waals surface area contributed by atoms with Gasteiger partial charge in [-0.3, -0.25) is 9.59 Å². The molecule has 4 N–H and O–H groups in total. The third-order valence-electron chi connectivity index (χ3n) is 2.88. The van der Waals surface area contributed by atoms with Crippen LogP contribution >= 0.6 is 0 Å². The number of anilines is 1. The topological polar surface area (TPSA) is 97.1 Å². The van der Waals surface area contributed by atoms with E-state index in [-0.39, 0.29) is 18.2 Å². The molecule has 0 fully saturated rings. The number of carbonyl (C=O) groups excluding carboxylic acids is 2. The van der Waals surface area contributed by atoms with Gasteiger partial charge < -0.3 is 16.4 Å². The molecule has 0 aliphatic heterocycles. The number of nitrogens with two attached hydrogens (primary N) is 1. The Morgan fingerprint density at radius 2 is 1.90 bits per heavy atom. The molecule has 1 aromatic heterocycles. The van der Waals surface area contributed by atoms with Crippen molar-refractivity contribution >= 4 is 17.6 Å². The van der Waals surface area contributed by atoms with E-state index >= 15 is 0 Å². The van der Waals surface area contributed by atoms with Crippen LogP contribution in [-0.4, -0.2) is 29.9 Å². The zero-order valence-electron chi connectivity index (χ0n) is 12.7. The van der Waals surface area contributed by atoms with E-state index in [4.69, 9.17) is 5.73 Å². The molecule has 1 aromatic rings. The molecule has 0 bridgehead atoms. The van der Waals surface area contributed by atoms with Gasteiger partial charge in [-0.05, 0) is 25.0 Å². The molecule has 0 spiro atoms. The van der Waals surface area contributed by atoms with E-state index in [1.54, 1.807) is 12.1 Å². The number of nitrogens with one attached hydrogen (secondary N) is 2. The van der Waals surface area contributed by atoms with Crippen LogP contribution in [-0.2, 0) is 11.2 Å². The predicted molar refractivity (Wildman–Crippen MR) is 82.9 cm³/mol. The van der Waals surface area contributed by atoms with E-state index in [0.29, 0.717) is 24.5 Å². The number of pyridine rings is 1. The SMILES string of the molecule is CCCNC(=O)CCNC(=O)c1cc(N)nc(CCC)c1. The van der Waals surface area contributed by atoms with Gasteiger partial charge in [0.25, 0.3) is 5.91 Å². The molecule has 2 amide bonds. The molecule has 0 unspecified atom stereocenters.